The van der Waals surface area contributed by atoms with Crippen molar-refractivity contribution in [2.24, 2.45) is 0 Å². The molecule has 0 radical (unpaired) electrons. The van der Waals surface area contributed by atoms with E-state index in [2.05, 4.69) is 9.97 Å². The Bertz CT molecular complexity index is 595. The maximum atomic E-state index is 12.9. The minimum Gasteiger partial charge on any atom is -0.497 e. The van der Waals surface area contributed by atoms with Crippen LogP contribution in [-0.4, -0.2) is 17.1 Å². The van der Waals surface area contributed by atoms with Gasteiger partial charge in [0.25, 0.3) is 0 Å². The number of halogens is 2. The Morgan fingerprint density at radius 1 is 1.42 bits per heavy atom. The first-order chi connectivity index (χ1) is 9.10. The highest BCUT2D eigenvalue weighted by molar-refractivity contribution is 6.31. The topological polar surface area (TPSA) is 70.3 Å². The fourth-order valence-corrected chi connectivity index (χ4v) is 1.57. The highest BCUT2D eigenvalue weighted by Crippen LogP contribution is 2.23. The average Bonchev–Trinajstić information content (AvgIpc) is 2.41. The molecule has 0 amide bonds. The average molecular weight is 284 g/mol. The molecule has 1 aromatic heterocycles. The standard InChI is InChI=1S/C12H11ClFN3O2/c1-18-8-3-2-7(9(13)4-8)6-19-12-16-5-10(14)11(15)17-12/h2-5H,6H2,1H3,(H2,15,16,17). The molecule has 2 N–H and O–H groups in total. The summed E-state index contributed by atoms with van der Waals surface area (Å²) in [4.78, 5) is 7.31. The van der Waals surface area contributed by atoms with E-state index in [0.29, 0.717) is 10.8 Å². The molecule has 0 atom stereocenters. The number of aromatic nitrogens is 2. The lowest BCUT2D eigenvalue weighted by Crippen LogP contribution is -2.03. The summed E-state index contributed by atoms with van der Waals surface area (Å²) in [5.41, 5.74) is 6.04. The van der Waals surface area contributed by atoms with Crippen LogP contribution in [0.4, 0.5) is 10.2 Å². The predicted molar refractivity (Wildman–Crippen MR) is 68.7 cm³/mol. The molecule has 1 aromatic carbocycles. The molecule has 0 saturated heterocycles. The lowest BCUT2D eigenvalue weighted by molar-refractivity contribution is 0.280. The Morgan fingerprint density at radius 3 is 2.84 bits per heavy atom. The van der Waals surface area contributed by atoms with Crippen molar-refractivity contribution in [3.05, 3.63) is 40.8 Å². The van der Waals surface area contributed by atoms with E-state index < -0.39 is 5.82 Å². The second kappa shape index (κ2) is 5.71. The third-order valence-corrected chi connectivity index (χ3v) is 2.72. The summed E-state index contributed by atoms with van der Waals surface area (Å²) in [7, 11) is 1.55. The summed E-state index contributed by atoms with van der Waals surface area (Å²) in [6.07, 6.45) is 0.952. The SMILES string of the molecule is COc1ccc(COc2ncc(F)c(N)n2)c(Cl)c1. The molecular weight excluding hydrogens is 273 g/mol. The zero-order valence-electron chi connectivity index (χ0n) is 10.1. The van der Waals surface area contributed by atoms with Gasteiger partial charge in [-0.15, -0.1) is 0 Å². The molecular formula is C12H11ClFN3O2. The zero-order chi connectivity index (χ0) is 13.8. The summed E-state index contributed by atoms with van der Waals surface area (Å²) in [5.74, 6) is -0.295. The van der Waals surface area contributed by atoms with Crippen LogP contribution in [0.3, 0.4) is 0 Å². The van der Waals surface area contributed by atoms with Gasteiger partial charge in [-0.25, -0.2) is 9.37 Å². The van der Waals surface area contributed by atoms with Gasteiger partial charge >= 0.3 is 6.01 Å². The molecule has 0 fully saturated rings. The number of hydrogen-bond acceptors (Lipinski definition) is 5. The van der Waals surface area contributed by atoms with Crippen molar-refractivity contribution in [1.29, 1.82) is 0 Å². The Kier molecular flexibility index (Phi) is 4.01. The second-order valence-electron chi connectivity index (χ2n) is 3.63. The van der Waals surface area contributed by atoms with Gasteiger partial charge in [-0.2, -0.15) is 4.98 Å². The van der Waals surface area contributed by atoms with Gasteiger partial charge in [-0.05, 0) is 12.1 Å². The zero-order valence-corrected chi connectivity index (χ0v) is 10.8. The number of rotatable bonds is 4. The smallest absolute Gasteiger partial charge is 0.318 e. The lowest BCUT2D eigenvalue weighted by atomic mass is 10.2. The van der Waals surface area contributed by atoms with E-state index in [1.54, 1.807) is 25.3 Å². The van der Waals surface area contributed by atoms with Crippen LogP contribution in [0.15, 0.2) is 24.4 Å². The molecule has 0 saturated carbocycles. The molecule has 0 aliphatic carbocycles. The fraction of sp³-hybridized carbons (Fsp3) is 0.167. The van der Waals surface area contributed by atoms with E-state index in [9.17, 15) is 4.39 Å². The minimum absolute atomic E-state index is 0.00853. The van der Waals surface area contributed by atoms with E-state index in [-0.39, 0.29) is 18.4 Å². The van der Waals surface area contributed by atoms with Crippen molar-refractivity contribution in [1.82, 2.24) is 9.97 Å². The molecule has 0 aliphatic rings. The number of hydrogen-bond donors (Lipinski definition) is 1. The van der Waals surface area contributed by atoms with E-state index in [4.69, 9.17) is 26.8 Å². The van der Waals surface area contributed by atoms with Crippen molar-refractivity contribution in [2.45, 2.75) is 6.61 Å². The van der Waals surface area contributed by atoms with Gasteiger partial charge < -0.3 is 15.2 Å². The van der Waals surface area contributed by atoms with Gasteiger partial charge in [0.2, 0.25) is 0 Å². The Balaban J connectivity index is 2.07. The monoisotopic (exact) mass is 283 g/mol. The van der Waals surface area contributed by atoms with Crippen LogP contribution in [-0.2, 0) is 6.61 Å². The first-order valence-electron chi connectivity index (χ1n) is 5.33. The van der Waals surface area contributed by atoms with Crippen LogP contribution < -0.4 is 15.2 Å². The number of benzene rings is 1. The van der Waals surface area contributed by atoms with Crippen molar-refractivity contribution >= 4 is 17.4 Å². The van der Waals surface area contributed by atoms with Gasteiger partial charge in [-0.1, -0.05) is 17.7 Å². The van der Waals surface area contributed by atoms with E-state index in [0.717, 1.165) is 11.8 Å². The molecule has 0 spiro atoms. The number of methoxy groups -OCH3 is 1. The first kappa shape index (κ1) is 13.4. The summed E-state index contributed by atoms with van der Waals surface area (Å²) in [6.45, 7) is 0.147. The molecule has 7 heteroatoms. The number of nitrogens with zero attached hydrogens (tertiary/aromatic N) is 2. The summed E-state index contributed by atoms with van der Waals surface area (Å²) in [5, 5.41) is 0.495. The number of ether oxygens (including phenoxy) is 2. The molecule has 19 heavy (non-hydrogen) atoms. The number of nitrogens with two attached hydrogens (primary N) is 1. The van der Waals surface area contributed by atoms with Gasteiger partial charge in [0.05, 0.1) is 18.3 Å². The molecule has 1 heterocycles. The molecule has 0 aliphatic heterocycles. The van der Waals surface area contributed by atoms with Crippen LogP contribution in [0.25, 0.3) is 0 Å². The quantitative estimate of drug-likeness (QED) is 0.933. The van der Waals surface area contributed by atoms with Crippen LogP contribution in [0.5, 0.6) is 11.8 Å². The normalized spacial score (nSPS) is 10.3. The Labute approximate surface area is 114 Å². The third kappa shape index (κ3) is 3.23. The minimum atomic E-state index is -0.685. The maximum absolute atomic E-state index is 12.9. The van der Waals surface area contributed by atoms with Crippen molar-refractivity contribution in [3.63, 3.8) is 0 Å². The van der Waals surface area contributed by atoms with Gasteiger partial charge in [0.15, 0.2) is 11.6 Å². The van der Waals surface area contributed by atoms with Gasteiger partial charge in [-0.3, -0.25) is 0 Å². The maximum Gasteiger partial charge on any atom is 0.318 e. The molecule has 0 unspecified atom stereocenters. The van der Waals surface area contributed by atoms with Crippen molar-refractivity contribution < 1.29 is 13.9 Å². The van der Waals surface area contributed by atoms with Crippen molar-refractivity contribution in [3.8, 4) is 11.8 Å². The van der Waals surface area contributed by atoms with E-state index in [1.807, 2.05) is 0 Å². The van der Waals surface area contributed by atoms with Crippen LogP contribution in [0, 0.1) is 5.82 Å². The molecule has 2 rings (SSSR count). The van der Waals surface area contributed by atoms with Crippen LogP contribution >= 0.6 is 11.6 Å². The molecule has 5 nitrogen and oxygen atoms in total. The summed E-state index contributed by atoms with van der Waals surface area (Å²) in [6, 6.07) is 5.17. The summed E-state index contributed by atoms with van der Waals surface area (Å²) < 4.78 is 23.2. The van der Waals surface area contributed by atoms with E-state index in [1.165, 1.54) is 0 Å². The highest BCUT2D eigenvalue weighted by Gasteiger charge is 2.07. The largest absolute Gasteiger partial charge is 0.497 e. The predicted octanol–water partition coefficient (Wildman–Crippen LogP) is 2.44. The second-order valence-corrected chi connectivity index (χ2v) is 4.04. The Morgan fingerprint density at radius 2 is 2.21 bits per heavy atom. The van der Waals surface area contributed by atoms with Crippen molar-refractivity contribution in [2.75, 3.05) is 12.8 Å². The van der Waals surface area contributed by atoms with Gasteiger partial charge in [0.1, 0.15) is 12.4 Å². The fourth-order valence-electron chi connectivity index (χ4n) is 1.35. The van der Waals surface area contributed by atoms with Crippen LogP contribution in [0.2, 0.25) is 5.02 Å². The van der Waals surface area contributed by atoms with Gasteiger partial charge in [0, 0.05) is 5.56 Å². The molecule has 2 aromatic rings. The number of anilines is 1. The number of nitrogen functional groups attached to an aromatic ring is 1. The molecule has 0 bridgehead atoms. The third-order valence-electron chi connectivity index (χ3n) is 2.37. The lowest BCUT2D eigenvalue weighted by Gasteiger charge is -2.08. The Hall–Kier alpha value is -2.08. The van der Waals surface area contributed by atoms with Crippen LogP contribution in [0.1, 0.15) is 5.56 Å². The molecule has 100 valence electrons. The summed E-state index contributed by atoms with van der Waals surface area (Å²) >= 11 is 6.05. The first-order valence-corrected chi connectivity index (χ1v) is 5.71. The van der Waals surface area contributed by atoms with E-state index >= 15 is 0 Å². The highest BCUT2D eigenvalue weighted by atomic mass is 35.5.